The van der Waals surface area contributed by atoms with E-state index in [9.17, 15) is 22.8 Å². The van der Waals surface area contributed by atoms with Gasteiger partial charge in [-0.2, -0.15) is 13.2 Å². The minimum absolute atomic E-state index is 0.105. The third-order valence-corrected chi connectivity index (χ3v) is 5.28. The second kappa shape index (κ2) is 10.4. The maximum Gasteiger partial charge on any atom is 0.417 e. The number of benzene rings is 1. The summed E-state index contributed by atoms with van der Waals surface area (Å²) >= 11 is 0. The van der Waals surface area contributed by atoms with E-state index in [1.807, 2.05) is 4.90 Å². The van der Waals surface area contributed by atoms with Gasteiger partial charge >= 0.3 is 6.18 Å². The molecule has 7 nitrogen and oxygen atoms in total. The molecule has 0 aliphatic carbocycles. The van der Waals surface area contributed by atoms with Gasteiger partial charge in [-0.25, -0.2) is 0 Å². The maximum absolute atomic E-state index is 13.2. The van der Waals surface area contributed by atoms with Gasteiger partial charge in [0.25, 0.3) is 5.91 Å². The summed E-state index contributed by atoms with van der Waals surface area (Å²) in [7, 11) is 0. The molecule has 1 aliphatic heterocycles. The van der Waals surface area contributed by atoms with Crippen molar-refractivity contribution in [3.05, 3.63) is 47.5 Å². The molecule has 1 aromatic heterocycles. The second-order valence-electron chi connectivity index (χ2n) is 7.60. The van der Waals surface area contributed by atoms with Crippen LogP contribution in [0.15, 0.2) is 36.4 Å². The SMILES string of the molecule is CCCCCC(=O)Nc1ccc(N2CCN(C(=O)c3ccccc3C(F)(F)F)CC2)nn1. The quantitative estimate of drug-likeness (QED) is 0.647. The molecule has 1 fully saturated rings. The van der Waals surface area contributed by atoms with Crippen LogP contribution in [-0.2, 0) is 11.0 Å². The van der Waals surface area contributed by atoms with E-state index in [4.69, 9.17) is 0 Å². The molecule has 10 heteroatoms. The predicted molar refractivity (Wildman–Crippen MR) is 114 cm³/mol. The number of hydrogen-bond donors (Lipinski definition) is 1. The Bertz CT molecular complexity index is 926. The largest absolute Gasteiger partial charge is 0.417 e. The summed E-state index contributed by atoms with van der Waals surface area (Å²) < 4.78 is 39.7. The summed E-state index contributed by atoms with van der Waals surface area (Å²) in [4.78, 5) is 27.9. The fourth-order valence-electron chi connectivity index (χ4n) is 3.53. The zero-order chi connectivity index (χ0) is 23.1. The lowest BCUT2D eigenvalue weighted by Gasteiger charge is -2.35. The number of carbonyl (C=O) groups excluding carboxylic acids is 2. The second-order valence-corrected chi connectivity index (χ2v) is 7.60. The Morgan fingerprint density at radius 1 is 1.00 bits per heavy atom. The van der Waals surface area contributed by atoms with Gasteiger partial charge in [0.2, 0.25) is 5.91 Å². The Morgan fingerprint density at radius 2 is 1.72 bits per heavy atom. The van der Waals surface area contributed by atoms with Gasteiger partial charge in [0.05, 0.1) is 11.1 Å². The molecule has 2 aromatic rings. The highest BCUT2D eigenvalue weighted by molar-refractivity contribution is 5.96. The van der Waals surface area contributed by atoms with E-state index >= 15 is 0 Å². The van der Waals surface area contributed by atoms with Gasteiger partial charge < -0.3 is 15.1 Å². The first-order valence-electron chi connectivity index (χ1n) is 10.6. The first-order chi connectivity index (χ1) is 15.3. The van der Waals surface area contributed by atoms with Crippen molar-refractivity contribution in [2.75, 3.05) is 36.4 Å². The molecule has 0 saturated carbocycles. The number of rotatable bonds is 7. The number of halogens is 3. The van der Waals surface area contributed by atoms with Crippen molar-refractivity contribution in [1.29, 1.82) is 0 Å². The summed E-state index contributed by atoms with van der Waals surface area (Å²) in [5.41, 5.74) is -1.27. The van der Waals surface area contributed by atoms with Gasteiger partial charge in [-0.15, -0.1) is 10.2 Å². The molecule has 1 N–H and O–H groups in total. The zero-order valence-corrected chi connectivity index (χ0v) is 17.9. The van der Waals surface area contributed by atoms with E-state index in [-0.39, 0.29) is 24.6 Å². The number of alkyl halides is 3. The normalized spacial score (nSPS) is 14.4. The highest BCUT2D eigenvalue weighted by atomic mass is 19.4. The van der Waals surface area contributed by atoms with E-state index in [0.717, 1.165) is 25.3 Å². The molecule has 32 heavy (non-hydrogen) atoms. The predicted octanol–water partition coefficient (Wildman–Crippen LogP) is 3.98. The minimum Gasteiger partial charge on any atom is -0.352 e. The van der Waals surface area contributed by atoms with E-state index in [1.165, 1.54) is 23.1 Å². The van der Waals surface area contributed by atoms with Crippen molar-refractivity contribution >= 4 is 23.5 Å². The molecule has 0 unspecified atom stereocenters. The van der Waals surface area contributed by atoms with Crippen LogP contribution in [0.25, 0.3) is 0 Å². The molecule has 1 aliphatic rings. The van der Waals surface area contributed by atoms with Crippen LogP contribution in [0.4, 0.5) is 24.8 Å². The lowest BCUT2D eigenvalue weighted by molar-refractivity contribution is -0.138. The van der Waals surface area contributed by atoms with Crippen LogP contribution < -0.4 is 10.2 Å². The van der Waals surface area contributed by atoms with Gasteiger partial charge in [0.15, 0.2) is 11.6 Å². The Morgan fingerprint density at radius 3 is 2.34 bits per heavy atom. The first-order valence-corrected chi connectivity index (χ1v) is 10.6. The van der Waals surface area contributed by atoms with Crippen LogP contribution in [0.2, 0.25) is 0 Å². The molecule has 2 heterocycles. The van der Waals surface area contributed by atoms with E-state index in [2.05, 4.69) is 22.4 Å². The summed E-state index contributed by atoms with van der Waals surface area (Å²) in [6.45, 7) is 3.43. The van der Waals surface area contributed by atoms with Crippen LogP contribution >= 0.6 is 0 Å². The molecule has 2 amide bonds. The maximum atomic E-state index is 13.2. The fourth-order valence-corrected chi connectivity index (χ4v) is 3.53. The van der Waals surface area contributed by atoms with E-state index < -0.39 is 17.6 Å². The third kappa shape index (κ3) is 5.95. The molecule has 0 atom stereocenters. The average molecular weight is 449 g/mol. The number of piperazine rings is 1. The fraction of sp³-hybridized carbons (Fsp3) is 0.455. The van der Waals surface area contributed by atoms with Crippen LogP contribution in [0.5, 0.6) is 0 Å². The Balaban J connectivity index is 1.56. The first kappa shape index (κ1) is 23.5. The van der Waals surface area contributed by atoms with Crippen molar-refractivity contribution in [2.24, 2.45) is 0 Å². The molecular formula is C22H26F3N5O2. The van der Waals surface area contributed by atoms with E-state index in [0.29, 0.717) is 31.1 Å². The van der Waals surface area contributed by atoms with Crippen LogP contribution in [-0.4, -0.2) is 53.1 Å². The number of amides is 2. The summed E-state index contributed by atoms with van der Waals surface area (Å²) in [6.07, 6.45) is -1.30. The van der Waals surface area contributed by atoms with Crippen LogP contribution in [0.3, 0.4) is 0 Å². The average Bonchev–Trinajstić information content (AvgIpc) is 2.79. The molecule has 0 spiro atoms. The van der Waals surface area contributed by atoms with Crippen molar-refractivity contribution in [2.45, 2.75) is 38.8 Å². The van der Waals surface area contributed by atoms with Crippen molar-refractivity contribution in [3.63, 3.8) is 0 Å². The molecule has 172 valence electrons. The summed E-state index contributed by atoms with van der Waals surface area (Å²) in [5, 5.41) is 10.9. The molecule has 3 rings (SSSR count). The van der Waals surface area contributed by atoms with Gasteiger partial charge in [0.1, 0.15) is 0 Å². The van der Waals surface area contributed by atoms with Gasteiger partial charge in [0, 0.05) is 32.6 Å². The Hall–Kier alpha value is -3.17. The standard InChI is InChI=1S/C22H26F3N5O2/c1-2-3-4-9-20(31)26-18-10-11-19(28-27-18)29-12-14-30(15-13-29)21(32)16-7-5-6-8-17(16)22(23,24)25/h5-8,10-11H,2-4,9,12-15H2,1H3,(H,26,27,31). The number of unbranched alkanes of at least 4 members (excludes halogenated alkanes) is 2. The van der Waals surface area contributed by atoms with Gasteiger partial charge in [-0.05, 0) is 30.7 Å². The Labute approximate surface area is 184 Å². The highest BCUT2D eigenvalue weighted by Crippen LogP contribution is 2.32. The molecule has 0 radical (unpaired) electrons. The third-order valence-electron chi connectivity index (χ3n) is 5.28. The number of carbonyl (C=O) groups is 2. The summed E-state index contributed by atoms with van der Waals surface area (Å²) in [5.74, 6) is 0.209. The smallest absolute Gasteiger partial charge is 0.352 e. The van der Waals surface area contributed by atoms with Crippen LogP contribution in [0, 0.1) is 0 Å². The van der Waals surface area contributed by atoms with Gasteiger partial charge in [-0.1, -0.05) is 31.9 Å². The van der Waals surface area contributed by atoms with Gasteiger partial charge in [-0.3, -0.25) is 9.59 Å². The lowest BCUT2D eigenvalue weighted by atomic mass is 10.1. The molecular weight excluding hydrogens is 423 g/mol. The van der Waals surface area contributed by atoms with Crippen molar-refractivity contribution in [3.8, 4) is 0 Å². The zero-order valence-electron chi connectivity index (χ0n) is 17.9. The topological polar surface area (TPSA) is 78.4 Å². The monoisotopic (exact) mass is 449 g/mol. The number of nitrogens with zero attached hydrogens (tertiary/aromatic N) is 4. The van der Waals surface area contributed by atoms with E-state index in [1.54, 1.807) is 12.1 Å². The molecule has 0 bridgehead atoms. The lowest BCUT2D eigenvalue weighted by Crippen LogP contribution is -2.49. The van der Waals surface area contributed by atoms with Crippen LogP contribution in [0.1, 0.15) is 48.5 Å². The highest BCUT2D eigenvalue weighted by Gasteiger charge is 2.36. The number of hydrogen-bond acceptors (Lipinski definition) is 5. The molecule has 1 saturated heterocycles. The van der Waals surface area contributed by atoms with Crippen molar-refractivity contribution < 1.29 is 22.8 Å². The number of aromatic nitrogens is 2. The minimum atomic E-state index is -4.59. The molecule has 1 aromatic carbocycles. The summed E-state index contributed by atoms with van der Waals surface area (Å²) in [6, 6.07) is 8.22. The Kier molecular flexibility index (Phi) is 7.66. The number of nitrogens with one attached hydrogen (secondary N) is 1. The van der Waals surface area contributed by atoms with Crippen molar-refractivity contribution in [1.82, 2.24) is 15.1 Å². The number of anilines is 2.